The zero-order valence-electron chi connectivity index (χ0n) is 16.4. The van der Waals surface area contributed by atoms with Gasteiger partial charge in [0.1, 0.15) is 18.3 Å². The van der Waals surface area contributed by atoms with E-state index in [4.69, 9.17) is 14.2 Å². The maximum atomic E-state index is 6.28. The first-order valence-corrected chi connectivity index (χ1v) is 10.0. The normalized spacial score (nSPS) is 20.8. The molecule has 0 heterocycles. The molecule has 1 aliphatic rings. The zero-order chi connectivity index (χ0) is 19.7. The fourth-order valence-corrected chi connectivity index (χ4v) is 3.42. The fraction of sp³-hybridized carbons (Fsp3) is 0.231. The Hall–Kier alpha value is -2.72. The quantitative estimate of drug-likeness (QED) is 0.466. The highest BCUT2D eigenvalue weighted by atomic mass is 16.6. The smallest absolute Gasteiger partial charge is 0.117 e. The Morgan fingerprint density at radius 3 is 1.17 bits per heavy atom. The number of rotatable bonds is 9. The molecule has 3 nitrogen and oxygen atoms in total. The first-order chi connectivity index (χ1) is 14.4. The third-order valence-electron chi connectivity index (χ3n) is 4.99. The van der Waals surface area contributed by atoms with Crippen molar-refractivity contribution in [3.8, 4) is 0 Å². The van der Waals surface area contributed by atoms with Crippen molar-refractivity contribution in [1.82, 2.24) is 0 Å². The number of benzene rings is 3. The minimum Gasteiger partial charge on any atom is -0.367 e. The van der Waals surface area contributed by atoms with Crippen molar-refractivity contribution in [2.24, 2.45) is 0 Å². The fourth-order valence-electron chi connectivity index (χ4n) is 3.42. The van der Waals surface area contributed by atoms with Crippen LogP contribution >= 0.6 is 0 Å². The van der Waals surface area contributed by atoms with Gasteiger partial charge in [-0.25, -0.2) is 0 Å². The van der Waals surface area contributed by atoms with Crippen LogP contribution in [0.2, 0.25) is 0 Å². The van der Waals surface area contributed by atoms with Gasteiger partial charge in [-0.15, -0.1) is 0 Å². The molecule has 0 amide bonds. The van der Waals surface area contributed by atoms with Gasteiger partial charge < -0.3 is 14.2 Å². The van der Waals surface area contributed by atoms with Crippen molar-refractivity contribution in [3.63, 3.8) is 0 Å². The Morgan fingerprint density at radius 1 is 0.448 bits per heavy atom. The van der Waals surface area contributed by atoms with E-state index in [9.17, 15) is 0 Å². The maximum Gasteiger partial charge on any atom is 0.117 e. The Kier molecular flexibility index (Phi) is 6.87. The van der Waals surface area contributed by atoms with Crippen LogP contribution in [0.5, 0.6) is 0 Å². The monoisotopic (exact) mass is 386 g/mol. The van der Waals surface area contributed by atoms with Gasteiger partial charge in [-0.05, 0) is 16.7 Å². The molecule has 0 aliphatic heterocycles. The molecule has 0 saturated carbocycles. The number of hydrogen-bond acceptors (Lipinski definition) is 3. The summed E-state index contributed by atoms with van der Waals surface area (Å²) < 4.78 is 18.6. The summed E-state index contributed by atoms with van der Waals surface area (Å²) in [7, 11) is 0. The van der Waals surface area contributed by atoms with Crippen molar-refractivity contribution < 1.29 is 14.2 Å². The Morgan fingerprint density at radius 2 is 0.793 bits per heavy atom. The summed E-state index contributed by atoms with van der Waals surface area (Å²) in [6.07, 6.45) is 3.67. The average molecular weight is 386 g/mol. The largest absolute Gasteiger partial charge is 0.367 e. The second kappa shape index (κ2) is 10.2. The molecule has 0 N–H and O–H groups in total. The third kappa shape index (κ3) is 5.64. The second-order valence-corrected chi connectivity index (χ2v) is 7.17. The van der Waals surface area contributed by atoms with E-state index in [0.717, 1.165) is 16.7 Å². The van der Waals surface area contributed by atoms with E-state index in [1.807, 2.05) is 54.6 Å². The van der Waals surface area contributed by atoms with E-state index < -0.39 is 0 Å². The van der Waals surface area contributed by atoms with Crippen LogP contribution in [0.1, 0.15) is 16.7 Å². The van der Waals surface area contributed by atoms with Crippen LogP contribution in [0.25, 0.3) is 0 Å². The standard InChI is InChI=1S/C26H26O3/c1-4-10-21(11-5-1)18-27-24-16-17-25(28-19-22-12-6-2-7-13-22)26(24)29-20-23-14-8-3-9-15-23/h1-17,24-26H,18-20H2/t24-,25+,26?. The van der Waals surface area contributed by atoms with Crippen LogP contribution in [-0.4, -0.2) is 18.3 Å². The molecule has 4 rings (SSSR count). The molecular weight excluding hydrogens is 360 g/mol. The van der Waals surface area contributed by atoms with E-state index in [1.165, 1.54) is 0 Å². The molecule has 29 heavy (non-hydrogen) atoms. The molecule has 3 atom stereocenters. The molecule has 3 aromatic rings. The highest BCUT2D eigenvalue weighted by Crippen LogP contribution is 2.25. The Labute approximate surface area is 172 Å². The van der Waals surface area contributed by atoms with Gasteiger partial charge in [0.2, 0.25) is 0 Å². The topological polar surface area (TPSA) is 27.7 Å². The van der Waals surface area contributed by atoms with E-state index in [2.05, 4.69) is 48.6 Å². The summed E-state index contributed by atoms with van der Waals surface area (Å²) >= 11 is 0. The second-order valence-electron chi connectivity index (χ2n) is 7.17. The van der Waals surface area contributed by atoms with Crippen LogP contribution < -0.4 is 0 Å². The first-order valence-electron chi connectivity index (χ1n) is 10.0. The zero-order valence-corrected chi connectivity index (χ0v) is 16.4. The molecule has 0 bridgehead atoms. The predicted octanol–water partition coefficient (Wildman–Crippen LogP) is 5.31. The molecule has 148 valence electrons. The lowest BCUT2D eigenvalue weighted by molar-refractivity contribution is -0.113. The van der Waals surface area contributed by atoms with E-state index in [1.54, 1.807) is 0 Å². The summed E-state index contributed by atoms with van der Waals surface area (Å²) in [6.45, 7) is 1.63. The summed E-state index contributed by atoms with van der Waals surface area (Å²) in [5, 5.41) is 0. The van der Waals surface area contributed by atoms with Crippen LogP contribution in [0.3, 0.4) is 0 Å². The number of ether oxygens (including phenoxy) is 3. The van der Waals surface area contributed by atoms with E-state index in [0.29, 0.717) is 19.8 Å². The molecule has 0 spiro atoms. The lowest BCUT2D eigenvalue weighted by Crippen LogP contribution is -2.36. The molecule has 0 radical (unpaired) electrons. The van der Waals surface area contributed by atoms with Gasteiger partial charge in [0.25, 0.3) is 0 Å². The minimum absolute atomic E-state index is 0.139. The molecular formula is C26H26O3. The molecule has 3 heteroatoms. The Bertz CT molecular complexity index is 824. The van der Waals surface area contributed by atoms with Crippen molar-refractivity contribution in [2.75, 3.05) is 0 Å². The van der Waals surface area contributed by atoms with Crippen LogP contribution in [0.4, 0.5) is 0 Å². The van der Waals surface area contributed by atoms with Gasteiger partial charge in [-0.1, -0.05) is 103 Å². The summed E-state index contributed by atoms with van der Waals surface area (Å²) in [4.78, 5) is 0. The molecule has 0 fully saturated rings. The van der Waals surface area contributed by atoms with E-state index >= 15 is 0 Å². The summed E-state index contributed by atoms with van der Waals surface area (Å²) in [5.74, 6) is 0. The Balaban J connectivity index is 1.39. The maximum absolute atomic E-state index is 6.28. The summed E-state index contributed by atoms with van der Waals surface area (Å²) in [6, 6.07) is 30.6. The third-order valence-corrected chi connectivity index (χ3v) is 4.99. The first kappa shape index (κ1) is 19.6. The molecule has 3 aromatic carbocycles. The van der Waals surface area contributed by atoms with Gasteiger partial charge in [0, 0.05) is 0 Å². The SMILES string of the molecule is C1=C[C@@H](OCc2ccccc2)C(OCc2ccccc2)[C@H]1OCc1ccccc1. The van der Waals surface area contributed by atoms with Crippen LogP contribution in [0.15, 0.2) is 103 Å². The van der Waals surface area contributed by atoms with Gasteiger partial charge in [0.15, 0.2) is 0 Å². The van der Waals surface area contributed by atoms with Gasteiger partial charge in [-0.3, -0.25) is 0 Å². The number of hydrogen-bond donors (Lipinski definition) is 0. The molecule has 0 saturated heterocycles. The highest BCUT2D eigenvalue weighted by Gasteiger charge is 2.34. The van der Waals surface area contributed by atoms with Gasteiger partial charge in [-0.2, -0.15) is 0 Å². The van der Waals surface area contributed by atoms with Crippen LogP contribution in [0, 0.1) is 0 Å². The highest BCUT2D eigenvalue weighted by molar-refractivity contribution is 5.18. The molecule has 1 aliphatic carbocycles. The molecule has 0 aromatic heterocycles. The van der Waals surface area contributed by atoms with Crippen molar-refractivity contribution in [1.29, 1.82) is 0 Å². The minimum atomic E-state index is -0.178. The van der Waals surface area contributed by atoms with Crippen molar-refractivity contribution in [2.45, 2.75) is 38.1 Å². The average Bonchev–Trinajstić information content (AvgIpc) is 3.18. The lowest BCUT2D eigenvalue weighted by atomic mass is 10.2. The van der Waals surface area contributed by atoms with Crippen molar-refractivity contribution >= 4 is 0 Å². The van der Waals surface area contributed by atoms with Gasteiger partial charge in [0.05, 0.1) is 19.8 Å². The van der Waals surface area contributed by atoms with Crippen molar-refractivity contribution in [3.05, 3.63) is 120 Å². The molecule has 1 unspecified atom stereocenters. The predicted molar refractivity (Wildman–Crippen MR) is 114 cm³/mol. The summed E-state index contributed by atoms with van der Waals surface area (Å²) in [5.41, 5.74) is 3.44. The van der Waals surface area contributed by atoms with Gasteiger partial charge >= 0.3 is 0 Å². The van der Waals surface area contributed by atoms with Crippen LogP contribution in [-0.2, 0) is 34.0 Å². The lowest BCUT2D eigenvalue weighted by Gasteiger charge is -2.26. The van der Waals surface area contributed by atoms with E-state index in [-0.39, 0.29) is 18.3 Å².